The van der Waals surface area contributed by atoms with E-state index in [4.69, 9.17) is 0 Å². The third-order valence-electron chi connectivity index (χ3n) is 2.10. The van der Waals surface area contributed by atoms with Crippen LogP contribution in [0.3, 0.4) is 0 Å². The van der Waals surface area contributed by atoms with E-state index in [0.29, 0.717) is 22.6 Å². The van der Waals surface area contributed by atoms with E-state index in [2.05, 4.69) is 26.6 Å². The van der Waals surface area contributed by atoms with Gasteiger partial charge < -0.3 is 10.6 Å². The topological polar surface area (TPSA) is 41.1 Å². The molecule has 94 valence electrons. The maximum absolute atomic E-state index is 13.4. The predicted octanol–water partition coefficient (Wildman–Crippen LogP) is 2.77. The molecule has 0 saturated carbocycles. The fraction of sp³-hybridized carbons (Fsp3) is 0.417. The van der Waals surface area contributed by atoms with Crippen molar-refractivity contribution in [3.05, 3.63) is 28.5 Å². The highest BCUT2D eigenvalue weighted by atomic mass is 79.9. The first-order chi connectivity index (χ1) is 8.00. The molecule has 0 spiro atoms. The summed E-state index contributed by atoms with van der Waals surface area (Å²) in [5.41, 5.74) is 0.312. The van der Waals surface area contributed by atoms with E-state index in [9.17, 15) is 9.18 Å². The lowest BCUT2D eigenvalue weighted by atomic mass is 10.2. The van der Waals surface area contributed by atoms with Crippen molar-refractivity contribution in [1.82, 2.24) is 5.32 Å². The van der Waals surface area contributed by atoms with E-state index in [1.165, 1.54) is 6.07 Å². The van der Waals surface area contributed by atoms with Gasteiger partial charge in [0.15, 0.2) is 0 Å². The van der Waals surface area contributed by atoms with E-state index < -0.39 is 0 Å². The van der Waals surface area contributed by atoms with Crippen LogP contribution in [0.15, 0.2) is 22.7 Å². The lowest BCUT2D eigenvalue weighted by molar-refractivity contribution is -0.119. The van der Waals surface area contributed by atoms with Gasteiger partial charge in [0.1, 0.15) is 5.82 Å². The Morgan fingerprint density at radius 3 is 2.76 bits per heavy atom. The summed E-state index contributed by atoms with van der Waals surface area (Å²) < 4.78 is 14.0. The maximum Gasteiger partial charge on any atom is 0.239 e. The van der Waals surface area contributed by atoms with E-state index in [1.54, 1.807) is 12.1 Å². The molecule has 17 heavy (non-hydrogen) atoms. The summed E-state index contributed by atoms with van der Waals surface area (Å²) in [5.74, 6) is -0.121. The zero-order valence-corrected chi connectivity index (χ0v) is 11.5. The Kier molecular flexibility index (Phi) is 5.41. The Bertz CT molecular complexity index is 376. The lowest BCUT2D eigenvalue weighted by Gasteiger charge is -2.11. The number of benzene rings is 1. The van der Waals surface area contributed by atoms with Gasteiger partial charge in [-0.15, -0.1) is 0 Å². The molecule has 0 aromatic heterocycles. The van der Waals surface area contributed by atoms with Crippen LogP contribution in [0.5, 0.6) is 0 Å². The minimum atomic E-state index is -0.379. The van der Waals surface area contributed by atoms with Gasteiger partial charge in [-0.3, -0.25) is 4.79 Å². The van der Waals surface area contributed by atoms with Crippen molar-refractivity contribution in [1.29, 1.82) is 0 Å². The minimum Gasteiger partial charge on any atom is -0.373 e. The number of hydrogen-bond donors (Lipinski definition) is 2. The molecule has 0 unspecified atom stereocenters. The molecule has 0 saturated heterocycles. The number of para-hydroxylation sites is 1. The van der Waals surface area contributed by atoms with Crippen molar-refractivity contribution >= 4 is 27.5 Å². The molecule has 0 heterocycles. The molecule has 0 aliphatic carbocycles. The number of carbonyl (C=O) groups is 1. The Morgan fingerprint density at radius 1 is 1.47 bits per heavy atom. The van der Waals surface area contributed by atoms with Gasteiger partial charge >= 0.3 is 0 Å². The average Bonchev–Trinajstić information content (AvgIpc) is 2.25. The van der Waals surface area contributed by atoms with E-state index in [-0.39, 0.29) is 18.3 Å². The monoisotopic (exact) mass is 302 g/mol. The summed E-state index contributed by atoms with van der Waals surface area (Å²) in [6, 6.07) is 4.67. The predicted molar refractivity (Wildman–Crippen MR) is 70.4 cm³/mol. The molecule has 1 rings (SSSR count). The molecule has 5 heteroatoms. The molecule has 1 amide bonds. The van der Waals surface area contributed by atoms with Crippen LogP contribution in [0, 0.1) is 11.7 Å². The van der Waals surface area contributed by atoms with Crippen molar-refractivity contribution in [3.63, 3.8) is 0 Å². The van der Waals surface area contributed by atoms with E-state index >= 15 is 0 Å². The molecule has 1 aromatic rings. The zero-order chi connectivity index (χ0) is 12.8. The van der Waals surface area contributed by atoms with Gasteiger partial charge in [-0.25, -0.2) is 4.39 Å². The first-order valence-electron chi connectivity index (χ1n) is 5.45. The third-order valence-corrected chi connectivity index (χ3v) is 2.76. The quantitative estimate of drug-likeness (QED) is 0.878. The van der Waals surface area contributed by atoms with Crippen molar-refractivity contribution in [2.24, 2.45) is 5.92 Å². The van der Waals surface area contributed by atoms with Crippen LogP contribution >= 0.6 is 15.9 Å². The van der Waals surface area contributed by atoms with E-state index in [0.717, 1.165) is 0 Å². The molecule has 2 N–H and O–H groups in total. The number of amides is 1. The second-order valence-electron chi connectivity index (χ2n) is 4.15. The Morgan fingerprint density at radius 2 is 2.18 bits per heavy atom. The molecule has 0 bridgehead atoms. The standard InChI is InChI=1S/C12H16BrFN2O/c1-8(2)6-15-11(17)7-16-12-9(13)4-3-5-10(12)14/h3-5,8,16H,6-7H2,1-2H3,(H,15,17). The van der Waals surface area contributed by atoms with Gasteiger partial charge in [-0.05, 0) is 34.0 Å². The largest absolute Gasteiger partial charge is 0.373 e. The number of nitrogens with one attached hydrogen (secondary N) is 2. The fourth-order valence-corrected chi connectivity index (χ4v) is 1.70. The molecular formula is C12H16BrFN2O. The third kappa shape index (κ3) is 4.73. The smallest absolute Gasteiger partial charge is 0.239 e. The highest BCUT2D eigenvalue weighted by Crippen LogP contribution is 2.24. The molecule has 0 aliphatic heterocycles. The molecular weight excluding hydrogens is 287 g/mol. The van der Waals surface area contributed by atoms with Crippen LogP contribution in [0.1, 0.15) is 13.8 Å². The fourth-order valence-electron chi connectivity index (χ4n) is 1.22. The first kappa shape index (κ1) is 14.0. The normalized spacial score (nSPS) is 10.4. The van der Waals surface area contributed by atoms with Crippen molar-refractivity contribution in [2.45, 2.75) is 13.8 Å². The maximum atomic E-state index is 13.4. The van der Waals surface area contributed by atoms with Crippen LogP contribution in [0.4, 0.5) is 10.1 Å². The van der Waals surface area contributed by atoms with Crippen LogP contribution in [0.25, 0.3) is 0 Å². The molecule has 0 radical (unpaired) electrons. The number of rotatable bonds is 5. The first-order valence-corrected chi connectivity index (χ1v) is 6.24. The Hall–Kier alpha value is -1.10. The Balaban J connectivity index is 2.47. The van der Waals surface area contributed by atoms with Crippen molar-refractivity contribution < 1.29 is 9.18 Å². The molecule has 1 aromatic carbocycles. The summed E-state index contributed by atoms with van der Waals surface area (Å²) in [6.45, 7) is 4.72. The average molecular weight is 303 g/mol. The second kappa shape index (κ2) is 6.59. The van der Waals surface area contributed by atoms with Gasteiger partial charge in [0.2, 0.25) is 5.91 Å². The summed E-state index contributed by atoms with van der Waals surface area (Å²) in [4.78, 5) is 11.4. The molecule has 3 nitrogen and oxygen atoms in total. The zero-order valence-electron chi connectivity index (χ0n) is 9.89. The van der Waals surface area contributed by atoms with Crippen LogP contribution < -0.4 is 10.6 Å². The van der Waals surface area contributed by atoms with Crippen molar-refractivity contribution in [2.75, 3.05) is 18.4 Å². The summed E-state index contributed by atoms with van der Waals surface area (Å²) in [6.07, 6.45) is 0. The van der Waals surface area contributed by atoms with Crippen molar-refractivity contribution in [3.8, 4) is 0 Å². The minimum absolute atomic E-state index is 0.0618. The van der Waals surface area contributed by atoms with Gasteiger partial charge in [-0.1, -0.05) is 19.9 Å². The second-order valence-corrected chi connectivity index (χ2v) is 5.00. The lowest BCUT2D eigenvalue weighted by Crippen LogP contribution is -2.32. The summed E-state index contributed by atoms with van der Waals surface area (Å²) in [7, 11) is 0. The number of halogens is 2. The number of anilines is 1. The molecule has 0 aliphatic rings. The number of carbonyl (C=O) groups excluding carboxylic acids is 1. The SMILES string of the molecule is CC(C)CNC(=O)CNc1c(F)cccc1Br. The highest BCUT2D eigenvalue weighted by Gasteiger charge is 2.08. The highest BCUT2D eigenvalue weighted by molar-refractivity contribution is 9.10. The number of hydrogen-bond acceptors (Lipinski definition) is 2. The summed E-state index contributed by atoms with van der Waals surface area (Å²) in [5, 5.41) is 5.52. The van der Waals surface area contributed by atoms with Crippen LogP contribution in [0.2, 0.25) is 0 Å². The van der Waals surface area contributed by atoms with E-state index in [1.807, 2.05) is 13.8 Å². The van der Waals surface area contributed by atoms with Gasteiger partial charge in [0.25, 0.3) is 0 Å². The van der Waals surface area contributed by atoms with Gasteiger partial charge in [0, 0.05) is 11.0 Å². The van der Waals surface area contributed by atoms with Crippen LogP contribution in [-0.2, 0) is 4.79 Å². The summed E-state index contributed by atoms with van der Waals surface area (Å²) >= 11 is 3.23. The molecule has 0 fully saturated rings. The van der Waals surface area contributed by atoms with Crippen LogP contribution in [-0.4, -0.2) is 19.0 Å². The van der Waals surface area contributed by atoms with Gasteiger partial charge in [0.05, 0.1) is 12.2 Å². The Labute approximate surface area is 109 Å². The van der Waals surface area contributed by atoms with Gasteiger partial charge in [-0.2, -0.15) is 0 Å². The molecule has 0 atom stereocenters.